The van der Waals surface area contributed by atoms with Crippen molar-refractivity contribution in [3.63, 3.8) is 0 Å². The molecule has 0 fully saturated rings. The van der Waals surface area contributed by atoms with Crippen molar-refractivity contribution >= 4 is 5.76 Å². The van der Waals surface area contributed by atoms with E-state index in [1.54, 1.807) is 6.20 Å². The molecule has 15 heavy (non-hydrogen) atoms. The first-order valence-corrected chi connectivity index (χ1v) is 5.08. The summed E-state index contributed by atoms with van der Waals surface area (Å²) in [6, 6.07) is 3.65. The molecule has 3 heteroatoms. The third kappa shape index (κ3) is 3.62. The molecule has 0 unspecified atom stereocenters. The van der Waals surface area contributed by atoms with Crippen LogP contribution in [0, 0.1) is 0 Å². The number of hydrogen-bond donors (Lipinski definition) is 0. The van der Waals surface area contributed by atoms with Gasteiger partial charge >= 0.3 is 0 Å². The van der Waals surface area contributed by atoms with Crippen LogP contribution in [0.3, 0.4) is 0 Å². The van der Waals surface area contributed by atoms with E-state index >= 15 is 0 Å². The Labute approximate surface area is 90.7 Å². The van der Waals surface area contributed by atoms with Crippen LogP contribution >= 0.6 is 0 Å². The lowest BCUT2D eigenvalue weighted by atomic mass is 10.3. The molecule has 1 aromatic heterocycles. The summed E-state index contributed by atoms with van der Waals surface area (Å²) in [4.78, 5) is 4.16. The monoisotopic (exact) mass is 207 g/mol. The molecule has 1 aromatic rings. The minimum Gasteiger partial charge on any atom is -0.492 e. The van der Waals surface area contributed by atoms with Gasteiger partial charge in [-0.25, -0.2) is 0 Å². The summed E-state index contributed by atoms with van der Waals surface area (Å²) in [5.41, 5.74) is 0.718. The van der Waals surface area contributed by atoms with Crippen LogP contribution in [0.2, 0.25) is 0 Å². The summed E-state index contributed by atoms with van der Waals surface area (Å²) >= 11 is 0. The number of aromatic nitrogens is 1. The normalized spacial score (nSPS) is 10.1. The maximum atomic E-state index is 5.55. The molecule has 0 aromatic carbocycles. The molecular formula is C12H17NO2. The Morgan fingerprint density at radius 1 is 1.53 bits per heavy atom. The molecule has 3 nitrogen and oxygen atoms in total. The predicted octanol–water partition coefficient (Wildman–Crippen LogP) is 2.88. The second kappa shape index (κ2) is 5.39. The molecular weight excluding hydrogens is 190 g/mol. The standard InChI is InChI=1S/C12H17NO2/c1-5-14-10(4)12-8-11(6-7-13-12)15-9(2)3/h6-9H,4-5H2,1-3H3. The molecule has 82 valence electrons. The van der Waals surface area contributed by atoms with E-state index in [-0.39, 0.29) is 6.10 Å². The van der Waals surface area contributed by atoms with Gasteiger partial charge in [0, 0.05) is 12.3 Å². The van der Waals surface area contributed by atoms with Crippen molar-refractivity contribution in [3.05, 3.63) is 30.6 Å². The molecule has 0 bridgehead atoms. The first-order valence-electron chi connectivity index (χ1n) is 5.08. The van der Waals surface area contributed by atoms with E-state index in [1.165, 1.54) is 0 Å². The summed E-state index contributed by atoms with van der Waals surface area (Å²) in [7, 11) is 0. The highest BCUT2D eigenvalue weighted by Gasteiger charge is 2.04. The largest absolute Gasteiger partial charge is 0.492 e. The van der Waals surface area contributed by atoms with E-state index in [2.05, 4.69) is 11.6 Å². The van der Waals surface area contributed by atoms with Crippen molar-refractivity contribution in [2.24, 2.45) is 0 Å². The summed E-state index contributed by atoms with van der Waals surface area (Å²) < 4.78 is 10.8. The quantitative estimate of drug-likeness (QED) is 0.696. The number of nitrogens with zero attached hydrogens (tertiary/aromatic N) is 1. The van der Waals surface area contributed by atoms with Crippen LogP contribution in [0.5, 0.6) is 5.75 Å². The third-order valence-electron chi connectivity index (χ3n) is 1.71. The van der Waals surface area contributed by atoms with Gasteiger partial charge in [-0.2, -0.15) is 0 Å². The number of pyridine rings is 1. The summed E-state index contributed by atoms with van der Waals surface area (Å²) in [5, 5.41) is 0. The fourth-order valence-corrected chi connectivity index (χ4v) is 1.16. The Kier molecular flexibility index (Phi) is 4.16. The zero-order valence-electron chi connectivity index (χ0n) is 9.49. The molecule has 0 spiro atoms. The van der Waals surface area contributed by atoms with E-state index < -0.39 is 0 Å². The SMILES string of the molecule is C=C(OCC)c1cc(OC(C)C)ccn1. The zero-order chi connectivity index (χ0) is 11.3. The van der Waals surface area contributed by atoms with Crippen LogP contribution in [0.4, 0.5) is 0 Å². The second-order valence-electron chi connectivity index (χ2n) is 3.40. The van der Waals surface area contributed by atoms with Gasteiger partial charge in [0.05, 0.1) is 12.7 Å². The number of ether oxygens (including phenoxy) is 2. The lowest BCUT2D eigenvalue weighted by Crippen LogP contribution is -2.06. The van der Waals surface area contributed by atoms with Gasteiger partial charge < -0.3 is 9.47 Å². The Morgan fingerprint density at radius 2 is 2.27 bits per heavy atom. The van der Waals surface area contributed by atoms with Gasteiger partial charge in [-0.05, 0) is 26.8 Å². The highest BCUT2D eigenvalue weighted by atomic mass is 16.5. The van der Waals surface area contributed by atoms with Crippen molar-refractivity contribution in [1.82, 2.24) is 4.98 Å². The van der Waals surface area contributed by atoms with E-state index in [1.807, 2.05) is 32.9 Å². The molecule has 0 aliphatic carbocycles. The van der Waals surface area contributed by atoms with Crippen LogP contribution in [0.25, 0.3) is 5.76 Å². The van der Waals surface area contributed by atoms with Crippen LogP contribution < -0.4 is 4.74 Å². The molecule has 0 amide bonds. The predicted molar refractivity (Wildman–Crippen MR) is 60.7 cm³/mol. The first-order chi connectivity index (χ1) is 7.13. The van der Waals surface area contributed by atoms with Gasteiger partial charge in [-0.1, -0.05) is 6.58 Å². The Balaban J connectivity index is 2.78. The third-order valence-corrected chi connectivity index (χ3v) is 1.71. The van der Waals surface area contributed by atoms with Crippen molar-refractivity contribution in [2.75, 3.05) is 6.61 Å². The Hall–Kier alpha value is -1.51. The lowest BCUT2D eigenvalue weighted by Gasteiger charge is -2.11. The van der Waals surface area contributed by atoms with Crippen molar-refractivity contribution in [2.45, 2.75) is 26.9 Å². The average Bonchev–Trinajstić information content (AvgIpc) is 2.17. The van der Waals surface area contributed by atoms with Gasteiger partial charge in [0.1, 0.15) is 17.2 Å². The second-order valence-corrected chi connectivity index (χ2v) is 3.40. The maximum Gasteiger partial charge on any atom is 0.137 e. The molecule has 0 saturated heterocycles. The lowest BCUT2D eigenvalue weighted by molar-refractivity contribution is 0.241. The summed E-state index contributed by atoms with van der Waals surface area (Å²) in [6.07, 6.45) is 1.85. The minimum atomic E-state index is 0.153. The van der Waals surface area contributed by atoms with Crippen LogP contribution in [-0.4, -0.2) is 17.7 Å². The average molecular weight is 207 g/mol. The topological polar surface area (TPSA) is 31.4 Å². The maximum absolute atomic E-state index is 5.55. The van der Waals surface area contributed by atoms with Crippen LogP contribution in [0.15, 0.2) is 24.9 Å². The van der Waals surface area contributed by atoms with Crippen molar-refractivity contribution < 1.29 is 9.47 Å². The Bertz CT molecular complexity index is 334. The fraction of sp³-hybridized carbons (Fsp3) is 0.417. The molecule has 0 aliphatic rings. The summed E-state index contributed by atoms with van der Waals surface area (Å²) in [5.74, 6) is 1.36. The molecule has 0 saturated carbocycles. The number of rotatable bonds is 5. The van der Waals surface area contributed by atoms with E-state index in [9.17, 15) is 0 Å². The minimum absolute atomic E-state index is 0.153. The molecule has 0 N–H and O–H groups in total. The fourth-order valence-electron chi connectivity index (χ4n) is 1.16. The molecule has 1 rings (SSSR count). The van der Waals surface area contributed by atoms with Crippen molar-refractivity contribution in [3.8, 4) is 5.75 Å². The molecule has 0 aliphatic heterocycles. The molecule has 0 atom stereocenters. The smallest absolute Gasteiger partial charge is 0.137 e. The van der Waals surface area contributed by atoms with Gasteiger partial charge in [0.2, 0.25) is 0 Å². The molecule has 1 heterocycles. The Morgan fingerprint density at radius 3 is 2.87 bits per heavy atom. The van der Waals surface area contributed by atoms with Gasteiger partial charge in [0.15, 0.2) is 0 Å². The molecule has 0 radical (unpaired) electrons. The highest BCUT2D eigenvalue weighted by Crippen LogP contribution is 2.18. The van der Waals surface area contributed by atoms with E-state index in [4.69, 9.17) is 9.47 Å². The zero-order valence-corrected chi connectivity index (χ0v) is 9.49. The summed E-state index contributed by atoms with van der Waals surface area (Å²) in [6.45, 7) is 10.3. The highest BCUT2D eigenvalue weighted by molar-refractivity contribution is 5.54. The van der Waals surface area contributed by atoms with Gasteiger partial charge in [-0.15, -0.1) is 0 Å². The van der Waals surface area contributed by atoms with Crippen LogP contribution in [-0.2, 0) is 4.74 Å². The van der Waals surface area contributed by atoms with E-state index in [0.29, 0.717) is 12.4 Å². The first kappa shape index (κ1) is 11.6. The van der Waals surface area contributed by atoms with Gasteiger partial charge in [0.25, 0.3) is 0 Å². The van der Waals surface area contributed by atoms with E-state index in [0.717, 1.165) is 11.4 Å². The van der Waals surface area contributed by atoms with Crippen molar-refractivity contribution in [1.29, 1.82) is 0 Å². The van der Waals surface area contributed by atoms with Crippen LogP contribution in [0.1, 0.15) is 26.5 Å². The van der Waals surface area contributed by atoms with Gasteiger partial charge in [-0.3, -0.25) is 4.98 Å². The number of hydrogen-bond acceptors (Lipinski definition) is 3.